The molecule has 0 unspecified atom stereocenters. The zero-order valence-corrected chi connectivity index (χ0v) is 7.90. The Kier molecular flexibility index (Phi) is 2.49. The van der Waals surface area contributed by atoms with Crippen molar-refractivity contribution in [3.05, 3.63) is 42.2 Å². The second-order valence-electron chi connectivity index (χ2n) is 3.22. The first-order valence-corrected chi connectivity index (χ1v) is 4.70. The van der Waals surface area contributed by atoms with Crippen molar-refractivity contribution >= 4 is 11.5 Å². The normalized spacial score (nSPS) is 15.7. The zero-order valence-electron chi connectivity index (χ0n) is 7.90. The van der Waals surface area contributed by atoms with E-state index in [0.29, 0.717) is 5.82 Å². The van der Waals surface area contributed by atoms with Crippen LogP contribution in [-0.4, -0.2) is 5.84 Å². The van der Waals surface area contributed by atoms with E-state index in [0.717, 1.165) is 24.4 Å². The SMILES string of the molecule is NC1=CCCC(Nc2ccccc2)=N1. The molecule has 2 rings (SSSR count). The number of hydrogen-bond donors (Lipinski definition) is 2. The Balaban J connectivity index is 2.09. The lowest BCUT2D eigenvalue weighted by Gasteiger charge is -2.12. The zero-order chi connectivity index (χ0) is 9.80. The highest BCUT2D eigenvalue weighted by molar-refractivity contribution is 5.96. The number of amidine groups is 1. The Bertz CT molecular complexity index is 365. The standard InChI is InChI=1S/C11H13N3/c12-10-7-4-8-11(14-10)13-9-5-2-1-3-6-9/h1-3,5-7H,4,8,12H2,(H,13,14). The summed E-state index contributed by atoms with van der Waals surface area (Å²) in [4.78, 5) is 4.22. The van der Waals surface area contributed by atoms with E-state index in [1.54, 1.807) is 0 Å². The summed E-state index contributed by atoms with van der Waals surface area (Å²) in [5, 5.41) is 3.24. The highest BCUT2D eigenvalue weighted by Gasteiger charge is 2.04. The van der Waals surface area contributed by atoms with Crippen LogP contribution in [0.25, 0.3) is 0 Å². The average Bonchev–Trinajstić information content (AvgIpc) is 2.19. The molecule has 0 bridgehead atoms. The lowest BCUT2D eigenvalue weighted by Crippen LogP contribution is -2.16. The van der Waals surface area contributed by atoms with Crippen LogP contribution in [0.1, 0.15) is 12.8 Å². The van der Waals surface area contributed by atoms with E-state index in [1.165, 1.54) is 0 Å². The topological polar surface area (TPSA) is 50.4 Å². The lowest BCUT2D eigenvalue weighted by molar-refractivity contribution is 1.00. The quantitative estimate of drug-likeness (QED) is 0.707. The summed E-state index contributed by atoms with van der Waals surface area (Å²) in [6.07, 6.45) is 3.83. The number of aliphatic imine (C=N–C) groups is 1. The van der Waals surface area contributed by atoms with Crippen LogP contribution in [-0.2, 0) is 0 Å². The van der Waals surface area contributed by atoms with Gasteiger partial charge in [0.15, 0.2) is 0 Å². The van der Waals surface area contributed by atoms with Crippen LogP contribution in [0.3, 0.4) is 0 Å². The van der Waals surface area contributed by atoms with Gasteiger partial charge in [-0.25, -0.2) is 4.99 Å². The van der Waals surface area contributed by atoms with Gasteiger partial charge in [-0.1, -0.05) is 18.2 Å². The monoisotopic (exact) mass is 187 g/mol. The molecule has 72 valence electrons. The fraction of sp³-hybridized carbons (Fsp3) is 0.182. The van der Waals surface area contributed by atoms with Gasteiger partial charge in [0.25, 0.3) is 0 Å². The van der Waals surface area contributed by atoms with Crippen molar-refractivity contribution in [3.8, 4) is 0 Å². The number of nitrogens with one attached hydrogen (secondary N) is 1. The summed E-state index contributed by atoms with van der Waals surface area (Å²) >= 11 is 0. The first-order chi connectivity index (χ1) is 6.84. The predicted molar refractivity (Wildman–Crippen MR) is 59.0 cm³/mol. The van der Waals surface area contributed by atoms with E-state index in [-0.39, 0.29) is 0 Å². The summed E-state index contributed by atoms with van der Waals surface area (Å²) in [5.41, 5.74) is 6.67. The molecule has 3 nitrogen and oxygen atoms in total. The van der Waals surface area contributed by atoms with Crippen LogP contribution in [0, 0.1) is 0 Å². The van der Waals surface area contributed by atoms with Gasteiger partial charge in [-0.05, 0) is 24.6 Å². The number of benzene rings is 1. The smallest absolute Gasteiger partial charge is 0.121 e. The van der Waals surface area contributed by atoms with Crippen LogP contribution >= 0.6 is 0 Å². The predicted octanol–water partition coefficient (Wildman–Crippen LogP) is 2.09. The van der Waals surface area contributed by atoms with E-state index < -0.39 is 0 Å². The number of nitrogens with two attached hydrogens (primary N) is 1. The molecule has 0 saturated heterocycles. The molecule has 1 aromatic carbocycles. The molecular weight excluding hydrogens is 174 g/mol. The average molecular weight is 187 g/mol. The fourth-order valence-corrected chi connectivity index (χ4v) is 1.39. The van der Waals surface area contributed by atoms with Crippen LogP contribution in [0.5, 0.6) is 0 Å². The van der Waals surface area contributed by atoms with Gasteiger partial charge < -0.3 is 11.1 Å². The maximum absolute atomic E-state index is 5.61. The van der Waals surface area contributed by atoms with Crippen LogP contribution in [0.15, 0.2) is 47.2 Å². The third-order valence-corrected chi connectivity index (χ3v) is 2.06. The highest BCUT2D eigenvalue weighted by atomic mass is 15.0. The number of allylic oxidation sites excluding steroid dienone is 1. The molecule has 1 aliphatic rings. The van der Waals surface area contributed by atoms with Gasteiger partial charge in [0.05, 0.1) is 0 Å². The maximum atomic E-state index is 5.61. The Labute approximate surface area is 83.3 Å². The largest absolute Gasteiger partial charge is 0.384 e. The van der Waals surface area contributed by atoms with Crippen LogP contribution in [0.4, 0.5) is 5.69 Å². The van der Waals surface area contributed by atoms with Gasteiger partial charge in [0.2, 0.25) is 0 Å². The molecule has 0 aromatic heterocycles. The maximum Gasteiger partial charge on any atom is 0.121 e. The van der Waals surface area contributed by atoms with Gasteiger partial charge >= 0.3 is 0 Å². The number of nitrogens with zero attached hydrogens (tertiary/aromatic N) is 1. The Morgan fingerprint density at radius 1 is 1.21 bits per heavy atom. The molecule has 0 amide bonds. The Morgan fingerprint density at radius 2 is 2.00 bits per heavy atom. The molecule has 0 fully saturated rings. The van der Waals surface area contributed by atoms with Crippen molar-refractivity contribution in [1.29, 1.82) is 0 Å². The minimum atomic E-state index is 0.606. The van der Waals surface area contributed by atoms with Gasteiger partial charge in [-0.2, -0.15) is 0 Å². The van der Waals surface area contributed by atoms with Crippen molar-refractivity contribution in [2.45, 2.75) is 12.8 Å². The lowest BCUT2D eigenvalue weighted by atomic mass is 10.2. The minimum absolute atomic E-state index is 0.606. The molecule has 0 atom stereocenters. The van der Waals surface area contributed by atoms with Crippen molar-refractivity contribution in [2.75, 3.05) is 5.32 Å². The van der Waals surface area contributed by atoms with Crippen LogP contribution < -0.4 is 11.1 Å². The second kappa shape index (κ2) is 3.96. The summed E-state index contributed by atoms with van der Waals surface area (Å²) in [5.74, 6) is 1.55. The van der Waals surface area contributed by atoms with E-state index in [2.05, 4.69) is 10.3 Å². The first kappa shape index (κ1) is 8.81. The van der Waals surface area contributed by atoms with Gasteiger partial charge in [-0.15, -0.1) is 0 Å². The van der Waals surface area contributed by atoms with Crippen molar-refractivity contribution in [2.24, 2.45) is 10.7 Å². The summed E-state index contributed by atoms with van der Waals surface area (Å²) in [7, 11) is 0. The van der Waals surface area contributed by atoms with Gasteiger partial charge in [-0.3, -0.25) is 0 Å². The van der Waals surface area contributed by atoms with E-state index in [4.69, 9.17) is 5.73 Å². The molecule has 0 radical (unpaired) electrons. The molecule has 1 heterocycles. The number of para-hydroxylation sites is 1. The molecular formula is C11H13N3. The third-order valence-electron chi connectivity index (χ3n) is 2.06. The van der Waals surface area contributed by atoms with E-state index in [1.807, 2.05) is 36.4 Å². The van der Waals surface area contributed by atoms with Crippen molar-refractivity contribution < 1.29 is 0 Å². The number of hydrogen-bond acceptors (Lipinski definition) is 3. The van der Waals surface area contributed by atoms with Crippen molar-refractivity contribution in [1.82, 2.24) is 0 Å². The Morgan fingerprint density at radius 3 is 2.71 bits per heavy atom. The van der Waals surface area contributed by atoms with E-state index in [9.17, 15) is 0 Å². The molecule has 3 heteroatoms. The number of rotatable bonds is 1. The molecule has 14 heavy (non-hydrogen) atoms. The highest BCUT2D eigenvalue weighted by Crippen LogP contribution is 2.11. The molecule has 1 aromatic rings. The first-order valence-electron chi connectivity index (χ1n) is 4.70. The number of anilines is 1. The third kappa shape index (κ3) is 2.13. The van der Waals surface area contributed by atoms with Gasteiger partial charge in [0.1, 0.15) is 11.7 Å². The molecule has 0 aliphatic carbocycles. The molecule has 3 N–H and O–H groups in total. The summed E-state index contributed by atoms with van der Waals surface area (Å²) in [6.45, 7) is 0. The van der Waals surface area contributed by atoms with Crippen molar-refractivity contribution in [3.63, 3.8) is 0 Å². The molecule has 0 spiro atoms. The molecule has 0 saturated carbocycles. The Hall–Kier alpha value is -1.77. The minimum Gasteiger partial charge on any atom is -0.384 e. The van der Waals surface area contributed by atoms with Gasteiger partial charge in [0, 0.05) is 12.1 Å². The summed E-state index contributed by atoms with van der Waals surface area (Å²) in [6, 6.07) is 9.99. The summed E-state index contributed by atoms with van der Waals surface area (Å²) < 4.78 is 0. The molecule has 1 aliphatic heterocycles. The fourth-order valence-electron chi connectivity index (χ4n) is 1.39. The second-order valence-corrected chi connectivity index (χ2v) is 3.22. The van der Waals surface area contributed by atoms with E-state index >= 15 is 0 Å². The van der Waals surface area contributed by atoms with Crippen LogP contribution in [0.2, 0.25) is 0 Å².